The molecule has 0 fully saturated rings. The fourth-order valence-corrected chi connectivity index (χ4v) is 2.45. The summed E-state index contributed by atoms with van der Waals surface area (Å²) in [5.74, 6) is 0.271. The quantitative estimate of drug-likeness (QED) is 0.838. The number of phenols is 1. The summed E-state index contributed by atoms with van der Waals surface area (Å²) in [6.07, 6.45) is 0. The Labute approximate surface area is 124 Å². The number of benzene rings is 2. The molecule has 0 aliphatic heterocycles. The maximum atomic E-state index is 9.67. The number of hydrogen-bond acceptors (Lipinski definition) is 3. The van der Waals surface area contributed by atoms with Crippen molar-refractivity contribution < 1.29 is 5.11 Å². The van der Waals surface area contributed by atoms with E-state index < -0.39 is 0 Å². The van der Waals surface area contributed by atoms with Gasteiger partial charge in [0.2, 0.25) is 0 Å². The zero-order chi connectivity index (χ0) is 14.7. The van der Waals surface area contributed by atoms with E-state index in [1.807, 2.05) is 25.1 Å². The highest BCUT2D eigenvalue weighted by atomic mass is 35.5. The minimum atomic E-state index is 0.271. The van der Waals surface area contributed by atoms with Gasteiger partial charge in [-0.3, -0.25) is 0 Å². The summed E-state index contributed by atoms with van der Waals surface area (Å²) < 4.78 is 0. The predicted molar refractivity (Wildman–Crippen MR) is 85.4 cm³/mol. The molecule has 0 atom stereocenters. The molecule has 3 N–H and O–H groups in total. The van der Waals surface area contributed by atoms with Crippen molar-refractivity contribution in [2.75, 3.05) is 17.2 Å². The van der Waals surface area contributed by atoms with Crippen LogP contribution in [0.15, 0.2) is 36.4 Å². The van der Waals surface area contributed by atoms with Gasteiger partial charge >= 0.3 is 0 Å². The molecule has 0 aliphatic rings. The smallest absolute Gasteiger partial charge is 0.117 e. The van der Waals surface area contributed by atoms with Crippen LogP contribution in [0.5, 0.6) is 5.75 Å². The maximum Gasteiger partial charge on any atom is 0.117 e. The van der Waals surface area contributed by atoms with E-state index in [-0.39, 0.29) is 5.75 Å². The largest absolute Gasteiger partial charge is 0.508 e. The fourth-order valence-electron chi connectivity index (χ4n) is 2.20. The third kappa shape index (κ3) is 3.17. The van der Waals surface area contributed by atoms with E-state index in [1.54, 1.807) is 18.2 Å². The Morgan fingerprint density at radius 2 is 1.95 bits per heavy atom. The summed E-state index contributed by atoms with van der Waals surface area (Å²) in [4.78, 5) is 2.17. The van der Waals surface area contributed by atoms with Crippen molar-refractivity contribution >= 4 is 23.0 Å². The van der Waals surface area contributed by atoms with Gasteiger partial charge in [-0.1, -0.05) is 23.7 Å². The Kier molecular flexibility index (Phi) is 4.40. The number of nitrogens with two attached hydrogens (primary N) is 1. The van der Waals surface area contributed by atoms with E-state index in [9.17, 15) is 5.11 Å². The number of nitrogen functional groups attached to an aromatic ring is 1. The molecule has 0 bridgehead atoms. The number of aromatic hydroxyl groups is 1. The van der Waals surface area contributed by atoms with Gasteiger partial charge in [0.1, 0.15) is 5.75 Å². The highest BCUT2D eigenvalue weighted by molar-refractivity contribution is 6.31. The highest BCUT2D eigenvalue weighted by Crippen LogP contribution is 2.28. The van der Waals surface area contributed by atoms with Gasteiger partial charge in [-0.05, 0) is 43.2 Å². The normalized spacial score (nSPS) is 10.6. The van der Waals surface area contributed by atoms with Crippen molar-refractivity contribution in [3.05, 3.63) is 52.5 Å². The van der Waals surface area contributed by atoms with Crippen LogP contribution in [-0.4, -0.2) is 11.7 Å². The lowest BCUT2D eigenvalue weighted by Crippen LogP contribution is -2.23. The van der Waals surface area contributed by atoms with Crippen molar-refractivity contribution in [3.63, 3.8) is 0 Å². The van der Waals surface area contributed by atoms with E-state index in [0.29, 0.717) is 17.3 Å². The molecule has 0 amide bonds. The Bertz CT molecular complexity index is 613. The van der Waals surface area contributed by atoms with Gasteiger partial charge in [-0.15, -0.1) is 0 Å². The number of anilines is 2. The molecular formula is C16H19ClN2O. The molecule has 106 valence electrons. The Morgan fingerprint density at radius 3 is 2.60 bits per heavy atom. The molecular weight excluding hydrogens is 272 g/mol. The molecule has 0 radical (unpaired) electrons. The lowest BCUT2D eigenvalue weighted by atomic mass is 10.1. The molecule has 0 saturated carbocycles. The second-order valence-electron chi connectivity index (χ2n) is 4.84. The molecule has 2 rings (SSSR count). The number of halogens is 1. The Hall–Kier alpha value is -1.87. The Morgan fingerprint density at radius 1 is 1.20 bits per heavy atom. The van der Waals surface area contributed by atoms with Crippen LogP contribution in [0, 0.1) is 6.92 Å². The molecule has 20 heavy (non-hydrogen) atoms. The van der Waals surface area contributed by atoms with Crippen molar-refractivity contribution in [2.24, 2.45) is 0 Å². The van der Waals surface area contributed by atoms with Gasteiger partial charge in [0.05, 0.1) is 0 Å². The van der Waals surface area contributed by atoms with Crippen LogP contribution in [0.1, 0.15) is 18.1 Å². The van der Waals surface area contributed by atoms with Crippen LogP contribution in [0.2, 0.25) is 5.02 Å². The second kappa shape index (κ2) is 6.06. The summed E-state index contributed by atoms with van der Waals surface area (Å²) in [5, 5.41) is 10.3. The number of phenolic OH excluding ortho intramolecular Hbond substituents is 1. The summed E-state index contributed by atoms with van der Waals surface area (Å²) in [5.41, 5.74) is 9.53. The number of hydrogen-bond donors (Lipinski definition) is 2. The van der Waals surface area contributed by atoms with E-state index in [1.165, 1.54) is 0 Å². The van der Waals surface area contributed by atoms with E-state index >= 15 is 0 Å². The van der Waals surface area contributed by atoms with E-state index in [4.69, 9.17) is 17.3 Å². The standard InChI is InChI=1S/C16H19ClN2O/c1-3-19(16-9-14(20)7-4-11(16)2)10-12-5-6-13(18)8-15(12)17/h4-9,20H,3,10,18H2,1-2H3. The minimum absolute atomic E-state index is 0.271. The minimum Gasteiger partial charge on any atom is -0.508 e. The van der Waals surface area contributed by atoms with Crippen LogP contribution < -0.4 is 10.6 Å². The topological polar surface area (TPSA) is 49.5 Å². The van der Waals surface area contributed by atoms with Gasteiger partial charge in [0.25, 0.3) is 0 Å². The molecule has 4 heteroatoms. The van der Waals surface area contributed by atoms with Gasteiger partial charge in [0, 0.05) is 35.6 Å². The molecule has 0 saturated heterocycles. The highest BCUT2D eigenvalue weighted by Gasteiger charge is 2.11. The number of rotatable bonds is 4. The lowest BCUT2D eigenvalue weighted by Gasteiger charge is -2.25. The lowest BCUT2D eigenvalue weighted by molar-refractivity contribution is 0.475. The van der Waals surface area contributed by atoms with Gasteiger partial charge in [-0.25, -0.2) is 0 Å². The van der Waals surface area contributed by atoms with Crippen molar-refractivity contribution in [1.82, 2.24) is 0 Å². The molecule has 3 nitrogen and oxygen atoms in total. The third-order valence-electron chi connectivity index (χ3n) is 3.35. The molecule has 2 aromatic carbocycles. The SMILES string of the molecule is CCN(Cc1ccc(N)cc1Cl)c1cc(O)ccc1C. The zero-order valence-electron chi connectivity index (χ0n) is 11.7. The first-order valence-electron chi connectivity index (χ1n) is 6.59. The van der Waals surface area contributed by atoms with Crippen LogP contribution in [0.4, 0.5) is 11.4 Å². The first-order valence-corrected chi connectivity index (χ1v) is 6.97. The monoisotopic (exact) mass is 290 g/mol. The zero-order valence-corrected chi connectivity index (χ0v) is 12.5. The molecule has 2 aromatic rings. The molecule has 0 unspecified atom stereocenters. The van der Waals surface area contributed by atoms with E-state index in [2.05, 4.69) is 11.8 Å². The first-order chi connectivity index (χ1) is 9.51. The van der Waals surface area contributed by atoms with Crippen molar-refractivity contribution in [3.8, 4) is 5.75 Å². The molecule has 0 heterocycles. The summed E-state index contributed by atoms with van der Waals surface area (Å²) in [6, 6.07) is 11.0. The van der Waals surface area contributed by atoms with Gasteiger partial charge < -0.3 is 15.7 Å². The van der Waals surface area contributed by atoms with Crippen molar-refractivity contribution in [1.29, 1.82) is 0 Å². The Balaban J connectivity index is 2.31. The predicted octanol–water partition coefficient (Wildman–Crippen LogP) is 3.96. The molecule has 0 spiro atoms. The van der Waals surface area contributed by atoms with Crippen LogP contribution in [-0.2, 0) is 6.54 Å². The first kappa shape index (κ1) is 14.5. The molecule has 0 aliphatic carbocycles. The average Bonchev–Trinajstić information content (AvgIpc) is 2.41. The third-order valence-corrected chi connectivity index (χ3v) is 3.71. The fraction of sp³-hybridized carbons (Fsp3) is 0.250. The number of nitrogens with zero attached hydrogens (tertiary/aromatic N) is 1. The number of aryl methyl sites for hydroxylation is 1. The molecule has 0 aromatic heterocycles. The van der Waals surface area contributed by atoms with Crippen LogP contribution in [0.3, 0.4) is 0 Å². The average molecular weight is 291 g/mol. The second-order valence-corrected chi connectivity index (χ2v) is 5.24. The summed E-state index contributed by atoms with van der Waals surface area (Å²) in [7, 11) is 0. The summed E-state index contributed by atoms with van der Waals surface area (Å²) in [6.45, 7) is 5.61. The van der Waals surface area contributed by atoms with Gasteiger partial charge in [-0.2, -0.15) is 0 Å². The van der Waals surface area contributed by atoms with Crippen molar-refractivity contribution in [2.45, 2.75) is 20.4 Å². The van der Waals surface area contributed by atoms with Crippen LogP contribution >= 0.6 is 11.6 Å². The maximum absolute atomic E-state index is 9.67. The van der Waals surface area contributed by atoms with Crippen LogP contribution in [0.25, 0.3) is 0 Å². The summed E-state index contributed by atoms with van der Waals surface area (Å²) >= 11 is 6.23. The van der Waals surface area contributed by atoms with Gasteiger partial charge in [0.15, 0.2) is 0 Å². The van der Waals surface area contributed by atoms with E-state index in [0.717, 1.165) is 23.4 Å².